The molecule has 0 aliphatic rings. The third-order valence-corrected chi connectivity index (χ3v) is 5.60. The normalized spacial score (nSPS) is 10.5. The smallest absolute Gasteiger partial charge is 0.326 e. The van der Waals surface area contributed by atoms with Crippen LogP contribution in [0.3, 0.4) is 0 Å². The second-order valence-corrected chi connectivity index (χ2v) is 7.95. The van der Waals surface area contributed by atoms with Gasteiger partial charge in [-0.25, -0.2) is 4.79 Å². The zero-order valence-electron chi connectivity index (χ0n) is 17.1. The summed E-state index contributed by atoms with van der Waals surface area (Å²) in [5, 5.41) is 13.4. The second-order valence-electron chi connectivity index (χ2n) is 6.69. The van der Waals surface area contributed by atoms with Gasteiger partial charge in [-0.3, -0.25) is 10.1 Å². The molecule has 0 spiro atoms. The van der Waals surface area contributed by atoms with Crippen molar-refractivity contribution in [2.45, 2.75) is 0 Å². The fraction of sp³-hybridized carbons (Fsp3) is 0.0435. The monoisotopic (exact) mass is 526 g/mol. The number of methoxy groups -OCH3 is 1. The van der Waals surface area contributed by atoms with Crippen LogP contribution in [0, 0.1) is 0 Å². The summed E-state index contributed by atoms with van der Waals surface area (Å²) in [6, 6.07) is 17.9. The molecule has 166 valence electrons. The summed E-state index contributed by atoms with van der Waals surface area (Å²) >= 11 is 9.49. The lowest BCUT2D eigenvalue weighted by molar-refractivity contribution is 0.0967. The first-order chi connectivity index (χ1) is 16.0. The van der Waals surface area contributed by atoms with E-state index in [2.05, 4.69) is 36.8 Å². The van der Waals surface area contributed by atoms with E-state index in [0.717, 1.165) is 4.47 Å². The Morgan fingerprint density at radius 3 is 2.42 bits per heavy atom. The molecule has 0 radical (unpaired) electrons. The SMILES string of the molecule is COc1ccc(Br)c(-c2nnc(-c3ccccc3NC(=O)NC(=O)c3ccccc3Cl)o2)c1. The molecule has 1 aromatic heterocycles. The molecular weight excluding hydrogens is 512 g/mol. The molecule has 1 heterocycles. The van der Waals surface area contributed by atoms with E-state index in [1.165, 1.54) is 6.07 Å². The van der Waals surface area contributed by atoms with Crippen molar-refractivity contribution in [3.63, 3.8) is 0 Å². The number of anilines is 1. The Morgan fingerprint density at radius 2 is 1.67 bits per heavy atom. The number of hydrogen-bond donors (Lipinski definition) is 2. The predicted octanol–water partition coefficient (Wildman–Crippen LogP) is 5.79. The Bertz CT molecular complexity index is 1340. The Labute approximate surface area is 202 Å². The van der Waals surface area contributed by atoms with Gasteiger partial charge in [0, 0.05) is 4.47 Å². The minimum absolute atomic E-state index is 0.188. The van der Waals surface area contributed by atoms with Crippen molar-refractivity contribution in [2.75, 3.05) is 12.4 Å². The number of urea groups is 1. The number of hydrogen-bond acceptors (Lipinski definition) is 6. The van der Waals surface area contributed by atoms with Crippen molar-refractivity contribution in [3.05, 3.63) is 81.8 Å². The van der Waals surface area contributed by atoms with Crippen LogP contribution in [-0.2, 0) is 0 Å². The lowest BCUT2D eigenvalue weighted by atomic mass is 10.2. The van der Waals surface area contributed by atoms with Crippen molar-refractivity contribution in [2.24, 2.45) is 0 Å². The Hall–Kier alpha value is -3.69. The van der Waals surface area contributed by atoms with Crippen molar-refractivity contribution in [1.29, 1.82) is 0 Å². The quantitative estimate of drug-likeness (QED) is 0.340. The fourth-order valence-electron chi connectivity index (χ4n) is 2.98. The lowest BCUT2D eigenvalue weighted by Crippen LogP contribution is -2.34. The highest BCUT2D eigenvalue weighted by molar-refractivity contribution is 9.10. The van der Waals surface area contributed by atoms with Gasteiger partial charge in [0.2, 0.25) is 11.8 Å². The van der Waals surface area contributed by atoms with E-state index in [1.807, 2.05) is 6.07 Å². The van der Waals surface area contributed by atoms with Crippen molar-refractivity contribution in [1.82, 2.24) is 15.5 Å². The van der Waals surface area contributed by atoms with E-state index in [0.29, 0.717) is 22.6 Å². The van der Waals surface area contributed by atoms with Crippen LogP contribution in [0.2, 0.25) is 5.02 Å². The van der Waals surface area contributed by atoms with Gasteiger partial charge in [-0.05, 0) is 58.4 Å². The summed E-state index contributed by atoms with van der Waals surface area (Å²) in [4.78, 5) is 24.8. The van der Waals surface area contributed by atoms with Gasteiger partial charge in [0.05, 0.1) is 34.5 Å². The molecule has 0 saturated carbocycles. The van der Waals surface area contributed by atoms with E-state index >= 15 is 0 Å². The molecule has 8 nitrogen and oxygen atoms in total. The van der Waals surface area contributed by atoms with Gasteiger partial charge in [0.25, 0.3) is 5.91 Å². The highest BCUT2D eigenvalue weighted by Gasteiger charge is 2.18. The number of amides is 3. The minimum Gasteiger partial charge on any atom is -0.497 e. The van der Waals surface area contributed by atoms with Crippen LogP contribution in [0.1, 0.15) is 10.4 Å². The van der Waals surface area contributed by atoms with Crippen LogP contribution in [0.15, 0.2) is 75.6 Å². The average Bonchev–Trinajstić information content (AvgIpc) is 3.29. The van der Waals surface area contributed by atoms with E-state index in [-0.39, 0.29) is 22.4 Å². The number of halogens is 2. The molecule has 0 fully saturated rings. The highest BCUT2D eigenvalue weighted by Crippen LogP contribution is 2.34. The third kappa shape index (κ3) is 5.05. The zero-order valence-corrected chi connectivity index (χ0v) is 19.5. The van der Waals surface area contributed by atoms with Gasteiger partial charge in [0.15, 0.2) is 0 Å². The summed E-state index contributed by atoms with van der Waals surface area (Å²) in [7, 11) is 1.57. The van der Waals surface area contributed by atoms with E-state index in [9.17, 15) is 9.59 Å². The van der Waals surface area contributed by atoms with Crippen LogP contribution in [0.25, 0.3) is 22.9 Å². The molecule has 4 rings (SSSR count). The number of ether oxygens (including phenoxy) is 1. The molecule has 0 saturated heterocycles. The fourth-order valence-corrected chi connectivity index (χ4v) is 3.62. The molecule has 0 bridgehead atoms. The van der Waals surface area contributed by atoms with Crippen molar-refractivity contribution < 1.29 is 18.7 Å². The van der Waals surface area contributed by atoms with Crippen LogP contribution >= 0.6 is 27.5 Å². The average molecular weight is 528 g/mol. The Morgan fingerprint density at radius 1 is 0.970 bits per heavy atom. The number of aromatic nitrogens is 2. The van der Waals surface area contributed by atoms with E-state index in [4.69, 9.17) is 20.8 Å². The summed E-state index contributed by atoms with van der Waals surface area (Å²) in [5.41, 5.74) is 1.70. The number of nitrogens with zero attached hydrogens (tertiary/aromatic N) is 2. The molecule has 33 heavy (non-hydrogen) atoms. The Kier molecular flexibility index (Phi) is 6.71. The second kappa shape index (κ2) is 9.85. The number of para-hydroxylation sites is 1. The molecule has 10 heteroatoms. The Balaban J connectivity index is 1.56. The number of carbonyl (C=O) groups excluding carboxylic acids is 2. The van der Waals surface area contributed by atoms with Gasteiger partial charge in [-0.15, -0.1) is 10.2 Å². The van der Waals surface area contributed by atoms with Gasteiger partial charge in [-0.1, -0.05) is 35.9 Å². The van der Waals surface area contributed by atoms with Crippen molar-refractivity contribution in [3.8, 4) is 28.7 Å². The van der Waals surface area contributed by atoms with Crippen LogP contribution < -0.4 is 15.4 Å². The van der Waals surface area contributed by atoms with Gasteiger partial charge in [0.1, 0.15) is 5.75 Å². The maximum atomic E-state index is 12.5. The van der Waals surface area contributed by atoms with E-state index < -0.39 is 11.9 Å². The first-order valence-electron chi connectivity index (χ1n) is 9.60. The molecule has 3 amide bonds. The number of carbonyl (C=O) groups is 2. The molecule has 0 aliphatic carbocycles. The number of imide groups is 1. The summed E-state index contributed by atoms with van der Waals surface area (Å²) < 4.78 is 11.9. The van der Waals surface area contributed by atoms with E-state index in [1.54, 1.807) is 61.7 Å². The molecule has 2 N–H and O–H groups in total. The first kappa shape index (κ1) is 22.5. The maximum Gasteiger partial charge on any atom is 0.326 e. The summed E-state index contributed by atoms with van der Waals surface area (Å²) in [6.07, 6.45) is 0. The van der Waals surface area contributed by atoms with Crippen LogP contribution in [0.5, 0.6) is 5.75 Å². The van der Waals surface area contributed by atoms with Crippen LogP contribution in [-0.4, -0.2) is 29.2 Å². The van der Waals surface area contributed by atoms with Gasteiger partial charge >= 0.3 is 6.03 Å². The summed E-state index contributed by atoms with van der Waals surface area (Å²) in [5.74, 6) is 0.463. The number of benzene rings is 3. The molecule has 0 aliphatic heterocycles. The van der Waals surface area contributed by atoms with Crippen molar-refractivity contribution >= 4 is 45.2 Å². The number of nitrogens with one attached hydrogen (secondary N) is 2. The van der Waals surface area contributed by atoms with Crippen LogP contribution in [0.4, 0.5) is 10.5 Å². The van der Waals surface area contributed by atoms with Gasteiger partial charge < -0.3 is 14.5 Å². The minimum atomic E-state index is -0.734. The molecule has 3 aromatic carbocycles. The maximum absolute atomic E-state index is 12.5. The lowest BCUT2D eigenvalue weighted by Gasteiger charge is -2.10. The topological polar surface area (TPSA) is 106 Å². The predicted molar refractivity (Wildman–Crippen MR) is 127 cm³/mol. The molecule has 0 unspecified atom stereocenters. The zero-order chi connectivity index (χ0) is 23.4. The third-order valence-electron chi connectivity index (χ3n) is 4.58. The molecular formula is C23H16BrClN4O4. The number of rotatable bonds is 5. The molecule has 4 aromatic rings. The van der Waals surface area contributed by atoms with Gasteiger partial charge in [-0.2, -0.15) is 0 Å². The summed E-state index contributed by atoms with van der Waals surface area (Å²) in [6.45, 7) is 0. The first-order valence-corrected chi connectivity index (χ1v) is 10.8. The standard InChI is InChI=1S/C23H16BrClN4O4/c1-32-13-10-11-17(24)16(12-13)22-29-28-21(33-22)15-7-3-5-9-19(15)26-23(31)27-20(30)14-6-2-4-8-18(14)25/h2-12H,1H3,(H2,26,27,30,31). The largest absolute Gasteiger partial charge is 0.497 e. The highest BCUT2D eigenvalue weighted by atomic mass is 79.9. The molecule has 0 atom stereocenters.